The molecule has 0 unspecified atom stereocenters. The molecule has 1 aliphatic rings. The molecule has 0 saturated carbocycles. The third kappa shape index (κ3) is 8.07. The molecule has 0 aliphatic carbocycles. The number of carboxylic acid groups (broad SMARTS) is 1. The van der Waals surface area contributed by atoms with Gasteiger partial charge in [-0.1, -0.05) is 23.3 Å². The number of esters is 2. The molecule has 0 aromatic heterocycles. The quantitative estimate of drug-likeness (QED) is 0.180. The van der Waals surface area contributed by atoms with Crippen LogP contribution in [-0.4, -0.2) is 35.5 Å². The summed E-state index contributed by atoms with van der Waals surface area (Å²) >= 11 is 5.86. The van der Waals surface area contributed by atoms with Crippen molar-refractivity contribution in [2.24, 2.45) is 0 Å². The van der Waals surface area contributed by atoms with E-state index in [-0.39, 0.29) is 55.9 Å². The first kappa shape index (κ1) is 29.7. The minimum absolute atomic E-state index is 0.0103. The summed E-state index contributed by atoms with van der Waals surface area (Å²) in [7, 11) is 0. The predicted octanol–water partition coefficient (Wildman–Crippen LogP) is 5.79. The number of halogens is 1. The number of cyclic esters (lactones) is 1. The highest BCUT2D eigenvalue weighted by molar-refractivity contribution is 6.30. The van der Waals surface area contributed by atoms with Crippen LogP contribution in [0.2, 0.25) is 5.02 Å². The Kier molecular flexibility index (Phi) is 10.5. The number of carboxylic acids is 1. The number of carbonyl (C=O) groups is 4. The molecule has 2 aromatic carbocycles. The van der Waals surface area contributed by atoms with Crippen LogP contribution in [0.5, 0.6) is 11.5 Å². The minimum Gasteiger partial charge on any atom is -0.493 e. The minimum atomic E-state index is -0.898. The van der Waals surface area contributed by atoms with Crippen LogP contribution in [0.15, 0.2) is 35.9 Å². The van der Waals surface area contributed by atoms with Crippen LogP contribution in [0.1, 0.15) is 73.0 Å². The number of hydrogen-bond acceptors (Lipinski definition) is 7. The van der Waals surface area contributed by atoms with Crippen molar-refractivity contribution in [2.45, 2.75) is 65.9 Å². The van der Waals surface area contributed by atoms with E-state index in [1.807, 2.05) is 26.8 Å². The van der Waals surface area contributed by atoms with Crippen molar-refractivity contribution in [1.82, 2.24) is 0 Å². The lowest BCUT2D eigenvalue weighted by atomic mass is 9.94. The van der Waals surface area contributed by atoms with E-state index in [2.05, 4.69) is 5.32 Å². The fourth-order valence-electron chi connectivity index (χ4n) is 4.18. The van der Waals surface area contributed by atoms with Crippen LogP contribution >= 0.6 is 11.6 Å². The Morgan fingerprint density at radius 2 is 1.82 bits per heavy atom. The van der Waals surface area contributed by atoms with Gasteiger partial charge in [0.2, 0.25) is 5.91 Å². The van der Waals surface area contributed by atoms with Gasteiger partial charge in [-0.15, -0.1) is 0 Å². The average molecular weight is 558 g/mol. The van der Waals surface area contributed by atoms with Gasteiger partial charge in [-0.3, -0.25) is 14.4 Å². The molecule has 0 spiro atoms. The number of aliphatic carboxylic acids is 1. The van der Waals surface area contributed by atoms with Crippen molar-refractivity contribution < 1.29 is 38.5 Å². The van der Waals surface area contributed by atoms with Gasteiger partial charge >= 0.3 is 17.9 Å². The van der Waals surface area contributed by atoms with Gasteiger partial charge in [-0.25, -0.2) is 4.79 Å². The summed E-state index contributed by atoms with van der Waals surface area (Å²) in [5.41, 5.74) is 3.46. The van der Waals surface area contributed by atoms with E-state index in [0.29, 0.717) is 40.6 Å². The first-order chi connectivity index (χ1) is 18.6. The summed E-state index contributed by atoms with van der Waals surface area (Å²) in [6, 6.07) is 6.69. The van der Waals surface area contributed by atoms with Crippen molar-refractivity contribution in [3.8, 4) is 11.5 Å². The number of carbonyl (C=O) groups excluding carboxylic acids is 3. The molecule has 9 nitrogen and oxygen atoms in total. The van der Waals surface area contributed by atoms with Crippen molar-refractivity contribution >= 4 is 41.1 Å². The number of hydrogen-bond donors (Lipinski definition) is 2. The highest BCUT2D eigenvalue weighted by atomic mass is 35.5. The molecule has 0 saturated heterocycles. The van der Waals surface area contributed by atoms with Gasteiger partial charge in [0, 0.05) is 41.1 Å². The molecule has 3 rings (SSSR count). The fraction of sp³-hybridized carbons (Fsp3) is 0.379. The van der Waals surface area contributed by atoms with Crippen LogP contribution in [0.25, 0.3) is 0 Å². The van der Waals surface area contributed by atoms with Gasteiger partial charge in [0.1, 0.15) is 17.9 Å². The molecular weight excluding hydrogens is 526 g/mol. The summed E-state index contributed by atoms with van der Waals surface area (Å²) in [6.07, 6.45) is 2.72. The number of amides is 1. The Bertz CT molecular complexity index is 1280. The van der Waals surface area contributed by atoms with Crippen LogP contribution in [0.4, 0.5) is 5.69 Å². The number of fused-ring (bicyclic) bond motifs is 1. The van der Waals surface area contributed by atoms with Crippen molar-refractivity contribution in [3.63, 3.8) is 0 Å². The molecule has 0 atom stereocenters. The smallest absolute Gasteiger partial charge is 0.342 e. The second-order valence-corrected chi connectivity index (χ2v) is 9.59. The third-order valence-corrected chi connectivity index (χ3v) is 6.48. The maximum Gasteiger partial charge on any atom is 0.342 e. The fourth-order valence-corrected chi connectivity index (χ4v) is 4.31. The molecule has 2 aromatic rings. The van der Waals surface area contributed by atoms with Gasteiger partial charge in [0.15, 0.2) is 5.75 Å². The molecule has 2 N–H and O–H groups in total. The SMILES string of the molecule is CCOc1c(C)c2c(c(OC(=O)CCCC(=O)Nc3ccc(Cl)cc3)c1CC=C(C)CCC(=O)O)C(=O)OC2. The molecule has 0 bridgehead atoms. The highest BCUT2D eigenvalue weighted by Crippen LogP contribution is 2.43. The van der Waals surface area contributed by atoms with E-state index >= 15 is 0 Å². The Labute approximate surface area is 232 Å². The van der Waals surface area contributed by atoms with Crippen LogP contribution in [0, 0.1) is 6.92 Å². The third-order valence-electron chi connectivity index (χ3n) is 6.23. The monoisotopic (exact) mass is 557 g/mol. The van der Waals surface area contributed by atoms with Gasteiger partial charge in [0.25, 0.3) is 0 Å². The number of allylic oxidation sites excluding steroid dienone is 2. The van der Waals surface area contributed by atoms with E-state index in [1.165, 1.54) is 0 Å². The Balaban J connectivity index is 1.78. The molecule has 10 heteroatoms. The second-order valence-electron chi connectivity index (χ2n) is 9.16. The van der Waals surface area contributed by atoms with Crippen LogP contribution < -0.4 is 14.8 Å². The van der Waals surface area contributed by atoms with Crippen molar-refractivity contribution in [1.29, 1.82) is 0 Å². The molecule has 1 aliphatic heterocycles. The van der Waals surface area contributed by atoms with Gasteiger partial charge in [-0.05, 0) is 69.9 Å². The Morgan fingerprint density at radius 1 is 1.10 bits per heavy atom. The molecular formula is C29H32ClNO8. The van der Waals surface area contributed by atoms with Crippen molar-refractivity contribution in [2.75, 3.05) is 11.9 Å². The number of rotatable bonds is 13. The summed E-state index contributed by atoms with van der Waals surface area (Å²) < 4.78 is 16.9. The summed E-state index contributed by atoms with van der Waals surface area (Å²) in [6.45, 7) is 5.86. The Hall–Kier alpha value is -3.85. The molecule has 1 heterocycles. The first-order valence-electron chi connectivity index (χ1n) is 12.7. The van der Waals surface area contributed by atoms with E-state index in [0.717, 1.165) is 11.1 Å². The maximum absolute atomic E-state index is 12.9. The number of benzene rings is 2. The van der Waals surface area contributed by atoms with Gasteiger partial charge in [0.05, 0.1) is 6.61 Å². The largest absolute Gasteiger partial charge is 0.493 e. The molecule has 1 amide bonds. The maximum atomic E-state index is 12.9. The summed E-state index contributed by atoms with van der Waals surface area (Å²) in [5.74, 6) is -1.76. The number of anilines is 1. The first-order valence-corrected chi connectivity index (χ1v) is 13.1. The van der Waals surface area contributed by atoms with Crippen molar-refractivity contribution in [3.05, 3.63) is 63.2 Å². The zero-order chi connectivity index (χ0) is 28.5. The standard InChI is InChI=1S/C29H32ClNO8/c1-4-37-27-18(3)22-16-38-29(36)26(22)28(21(27)14-8-17(2)9-15-24(33)34)39-25(35)7-5-6-23(32)31-20-12-10-19(30)11-13-20/h8,10-13H,4-7,9,14-16H2,1-3H3,(H,31,32)(H,33,34). The van der Waals surface area contributed by atoms with Crippen LogP contribution in [0.3, 0.4) is 0 Å². The average Bonchev–Trinajstić information content (AvgIpc) is 3.28. The summed E-state index contributed by atoms with van der Waals surface area (Å²) in [5, 5.41) is 12.3. The zero-order valence-electron chi connectivity index (χ0n) is 22.2. The predicted molar refractivity (Wildman–Crippen MR) is 145 cm³/mol. The lowest BCUT2D eigenvalue weighted by Crippen LogP contribution is -2.16. The summed E-state index contributed by atoms with van der Waals surface area (Å²) in [4.78, 5) is 48.8. The van der Waals surface area contributed by atoms with E-state index in [1.54, 1.807) is 24.3 Å². The van der Waals surface area contributed by atoms with Gasteiger partial charge < -0.3 is 24.6 Å². The number of nitrogens with one attached hydrogen (secondary N) is 1. The number of ether oxygens (including phenoxy) is 3. The highest BCUT2D eigenvalue weighted by Gasteiger charge is 2.34. The topological polar surface area (TPSA) is 128 Å². The van der Waals surface area contributed by atoms with E-state index < -0.39 is 17.9 Å². The van der Waals surface area contributed by atoms with E-state index in [4.69, 9.17) is 30.9 Å². The molecule has 39 heavy (non-hydrogen) atoms. The second kappa shape index (κ2) is 13.8. The molecule has 0 radical (unpaired) electrons. The van der Waals surface area contributed by atoms with E-state index in [9.17, 15) is 19.2 Å². The zero-order valence-corrected chi connectivity index (χ0v) is 23.0. The Morgan fingerprint density at radius 3 is 2.49 bits per heavy atom. The lowest BCUT2D eigenvalue weighted by molar-refractivity contribution is -0.137. The molecule has 208 valence electrons. The lowest BCUT2D eigenvalue weighted by Gasteiger charge is -2.19. The van der Waals surface area contributed by atoms with Gasteiger partial charge in [-0.2, -0.15) is 0 Å². The van der Waals surface area contributed by atoms with Crippen LogP contribution in [-0.2, 0) is 32.1 Å². The normalized spacial score (nSPS) is 12.5. The molecule has 0 fully saturated rings.